The number of amides is 2. The lowest BCUT2D eigenvalue weighted by Crippen LogP contribution is -2.46. The Morgan fingerprint density at radius 3 is 2.48 bits per heavy atom. The zero-order valence-electron chi connectivity index (χ0n) is 18.2. The minimum Gasteiger partial charge on any atom is -0.325 e. The van der Waals surface area contributed by atoms with E-state index in [-0.39, 0.29) is 37.7 Å². The topological polar surface area (TPSA) is 86.8 Å². The van der Waals surface area contributed by atoms with E-state index < -0.39 is 32.5 Å². The number of sulfonamides is 1. The molecule has 0 atom stereocenters. The molecule has 176 valence electrons. The van der Waals surface area contributed by atoms with Crippen molar-refractivity contribution in [2.75, 3.05) is 29.9 Å². The number of aryl methyl sites for hydroxylation is 1. The van der Waals surface area contributed by atoms with Crippen molar-refractivity contribution in [3.8, 4) is 0 Å². The summed E-state index contributed by atoms with van der Waals surface area (Å²) in [5, 5.41) is 2.79. The molecule has 33 heavy (non-hydrogen) atoms. The Hall–Kier alpha value is -2.85. The number of piperidine rings is 1. The summed E-state index contributed by atoms with van der Waals surface area (Å²) in [7, 11) is -4.21. The van der Waals surface area contributed by atoms with Gasteiger partial charge in [-0.3, -0.25) is 9.59 Å². The summed E-state index contributed by atoms with van der Waals surface area (Å²) in [5.74, 6) is -2.61. The lowest BCUT2D eigenvalue weighted by molar-refractivity contribution is -0.123. The molecule has 0 radical (unpaired) electrons. The Bertz CT molecular complexity index is 1190. The van der Waals surface area contributed by atoms with Gasteiger partial charge in [0.15, 0.2) is 0 Å². The average Bonchev–Trinajstić information content (AvgIpc) is 2.79. The number of carbonyl (C=O) groups is 2. The summed E-state index contributed by atoms with van der Waals surface area (Å²) in [5.41, 5.74) is 2.25. The van der Waals surface area contributed by atoms with Gasteiger partial charge in [-0.25, -0.2) is 17.2 Å². The zero-order chi connectivity index (χ0) is 23.8. The van der Waals surface area contributed by atoms with Gasteiger partial charge in [-0.05, 0) is 55.5 Å². The van der Waals surface area contributed by atoms with E-state index in [9.17, 15) is 26.8 Å². The van der Waals surface area contributed by atoms with E-state index in [2.05, 4.69) is 5.32 Å². The largest absolute Gasteiger partial charge is 0.325 e. The van der Waals surface area contributed by atoms with E-state index in [1.54, 1.807) is 11.0 Å². The molecule has 2 aromatic carbocycles. The number of hydrogen-bond donors (Lipinski definition) is 1. The Morgan fingerprint density at radius 1 is 1.06 bits per heavy atom. The standard InChI is InChI=1S/C23H25F2N3O4S/c1-15(29)26-20-6-2-4-16-5-3-11-28(22(16)20)23(30)17-9-12-27(13-10-17)33(31,32)21-14-18(24)7-8-19(21)25/h2,4,6-8,14,17H,3,5,9-13H2,1H3,(H,26,29). The minimum absolute atomic E-state index is 0.0305. The summed E-state index contributed by atoms with van der Waals surface area (Å²) in [6.45, 7) is 1.98. The van der Waals surface area contributed by atoms with E-state index in [1.807, 2.05) is 12.1 Å². The lowest BCUT2D eigenvalue weighted by atomic mass is 9.93. The Balaban J connectivity index is 1.51. The van der Waals surface area contributed by atoms with Gasteiger partial charge in [0, 0.05) is 32.5 Å². The number of halogens is 2. The zero-order valence-corrected chi connectivity index (χ0v) is 19.0. The van der Waals surface area contributed by atoms with Crippen LogP contribution in [-0.4, -0.2) is 44.2 Å². The van der Waals surface area contributed by atoms with Gasteiger partial charge in [-0.15, -0.1) is 0 Å². The fourth-order valence-electron chi connectivity index (χ4n) is 4.54. The predicted octanol–water partition coefficient (Wildman–Crippen LogP) is 3.30. The van der Waals surface area contributed by atoms with Crippen LogP contribution in [0.15, 0.2) is 41.3 Å². The number of anilines is 2. The summed E-state index contributed by atoms with van der Waals surface area (Å²) in [4.78, 5) is 26.0. The summed E-state index contributed by atoms with van der Waals surface area (Å²) in [6, 6.07) is 7.87. The highest BCUT2D eigenvalue weighted by atomic mass is 32.2. The first-order valence-corrected chi connectivity index (χ1v) is 12.3. The van der Waals surface area contributed by atoms with Gasteiger partial charge in [-0.1, -0.05) is 12.1 Å². The fourth-order valence-corrected chi connectivity index (χ4v) is 6.09. The molecule has 7 nitrogen and oxygen atoms in total. The molecule has 2 aromatic rings. The van der Waals surface area contributed by atoms with Crippen LogP contribution in [0.3, 0.4) is 0 Å². The first-order chi connectivity index (χ1) is 15.7. The van der Waals surface area contributed by atoms with Crippen molar-refractivity contribution in [2.45, 2.75) is 37.5 Å². The van der Waals surface area contributed by atoms with Crippen LogP contribution >= 0.6 is 0 Å². The Labute approximate surface area is 191 Å². The van der Waals surface area contributed by atoms with Crippen molar-refractivity contribution >= 4 is 33.2 Å². The molecule has 2 aliphatic rings. The highest BCUT2D eigenvalue weighted by Crippen LogP contribution is 2.37. The number of nitrogens with one attached hydrogen (secondary N) is 1. The fraction of sp³-hybridized carbons (Fsp3) is 0.391. The number of para-hydroxylation sites is 1. The van der Waals surface area contributed by atoms with Crippen LogP contribution in [0, 0.1) is 17.6 Å². The van der Waals surface area contributed by atoms with Crippen molar-refractivity contribution in [2.24, 2.45) is 5.92 Å². The van der Waals surface area contributed by atoms with Crippen LogP contribution in [-0.2, 0) is 26.0 Å². The summed E-state index contributed by atoms with van der Waals surface area (Å²) >= 11 is 0. The van der Waals surface area contributed by atoms with Gasteiger partial charge in [0.2, 0.25) is 21.8 Å². The van der Waals surface area contributed by atoms with Crippen molar-refractivity contribution < 1.29 is 26.8 Å². The SMILES string of the molecule is CC(=O)Nc1cccc2c1N(C(=O)C1CCN(S(=O)(=O)c3cc(F)ccc3F)CC1)CCC2. The average molecular weight is 478 g/mol. The number of carbonyl (C=O) groups excluding carboxylic acids is 2. The van der Waals surface area contributed by atoms with Crippen LogP contribution in [0.25, 0.3) is 0 Å². The molecule has 0 saturated carbocycles. The Kier molecular flexibility index (Phi) is 6.49. The van der Waals surface area contributed by atoms with Crippen LogP contribution in [0.5, 0.6) is 0 Å². The smallest absolute Gasteiger partial charge is 0.246 e. The molecule has 0 aromatic heterocycles. The van der Waals surface area contributed by atoms with Gasteiger partial charge < -0.3 is 10.2 Å². The maximum atomic E-state index is 14.1. The second-order valence-corrected chi connectivity index (χ2v) is 10.2. The monoisotopic (exact) mass is 477 g/mol. The highest BCUT2D eigenvalue weighted by molar-refractivity contribution is 7.89. The van der Waals surface area contributed by atoms with Crippen molar-refractivity contribution in [1.82, 2.24) is 4.31 Å². The van der Waals surface area contributed by atoms with Gasteiger partial charge in [0.05, 0.1) is 11.4 Å². The van der Waals surface area contributed by atoms with Gasteiger partial charge >= 0.3 is 0 Å². The molecule has 0 spiro atoms. The number of hydrogen-bond acceptors (Lipinski definition) is 4. The molecular weight excluding hydrogens is 452 g/mol. The Morgan fingerprint density at radius 2 is 1.79 bits per heavy atom. The van der Waals surface area contributed by atoms with E-state index in [0.717, 1.165) is 34.8 Å². The predicted molar refractivity (Wildman–Crippen MR) is 119 cm³/mol. The van der Waals surface area contributed by atoms with E-state index in [0.29, 0.717) is 24.0 Å². The third-order valence-electron chi connectivity index (χ3n) is 6.11. The molecule has 1 fully saturated rings. The number of rotatable bonds is 4. The molecule has 1 N–H and O–H groups in total. The van der Waals surface area contributed by atoms with Gasteiger partial charge in [-0.2, -0.15) is 4.31 Å². The minimum atomic E-state index is -4.21. The van der Waals surface area contributed by atoms with E-state index in [1.165, 1.54) is 6.92 Å². The van der Waals surface area contributed by atoms with Gasteiger partial charge in [0.1, 0.15) is 16.5 Å². The first kappa shape index (κ1) is 23.3. The molecule has 4 rings (SSSR count). The summed E-state index contributed by atoms with van der Waals surface area (Å²) < 4.78 is 54.4. The summed E-state index contributed by atoms with van der Waals surface area (Å²) in [6.07, 6.45) is 2.11. The van der Waals surface area contributed by atoms with Crippen molar-refractivity contribution in [3.05, 3.63) is 53.6 Å². The van der Waals surface area contributed by atoms with E-state index in [4.69, 9.17) is 0 Å². The van der Waals surface area contributed by atoms with Crippen molar-refractivity contribution in [1.29, 1.82) is 0 Å². The number of nitrogens with zero attached hydrogens (tertiary/aromatic N) is 2. The third-order valence-corrected chi connectivity index (χ3v) is 8.02. The lowest BCUT2D eigenvalue weighted by Gasteiger charge is -2.37. The second kappa shape index (κ2) is 9.18. The van der Waals surface area contributed by atoms with Gasteiger partial charge in [0.25, 0.3) is 0 Å². The maximum absolute atomic E-state index is 14.1. The third kappa shape index (κ3) is 4.63. The maximum Gasteiger partial charge on any atom is 0.246 e. The molecular formula is C23H25F2N3O4S. The molecule has 1 saturated heterocycles. The molecule has 2 amide bonds. The highest BCUT2D eigenvalue weighted by Gasteiger charge is 2.37. The molecule has 2 heterocycles. The van der Waals surface area contributed by atoms with Crippen molar-refractivity contribution in [3.63, 3.8) is 0 Å². The van der Waals surface area contributed by atoms with Crippen LogP contribution < -0.4 is 10.2 Å². The number of benzene rings is 2. The number of fused-ring (bicyclic) bond motifs is 1. The molecule has 0 unspecified atom stereocenters. The second-order valence-electron chi connectivity index (χ2n) is 8.34. The molecule has 2 aliphatic heterocycles. The van der Waals surface area contributed by atoms with Crippen LogP contribution in [0.4, 0.5) is 20.2 Å². The first-order valence-electron chi connectivity index (χ1n) is 10.8. The molecule has 0 aliphatic carbocycles. The normalized spacial score (nSPS) is 17.5. The van der Waals surface area contributed by atoms with E-state index >= 15 is 0 Å². The van der Waals surface area contributed by atoms with Crippen LogP contribution in [0.1, 0.15) is 31.7 Å². The quantitative estimate of drug-likeness (QED) is 0.732. The molecule has 10 heteroatoms. The van der Waals surface area contributed by atoms with Crippen LogP contribution in [0.2, 0.25) is 0 Å². The molecule has 0 bridgehead atoms.